The summed E-state index contributed by atoms with van der Waals surface area (Å²) in [5, 5.41) is 8.61. The minimum absolute atomic E-state index is 0.426. The number of hydrogen-bond acceptors (Lipinski definition) is 4. The van der Waals surface area contributed by atoms with Gasteiger partial charge in [-0.1, -0.05) is 0 Å². The van der Waals surface area contributed by atoms with Gasteiger partial charge >= 0.3 is 5.97 Å². The summed E-state index contributed by atoms with van der Waals surface area (Å²) in [7, 11) is 0. The number of imidazole rings is 1. The summed E-state index contributed by atoms with van der Waals surface area (Å²) in [4.78, 5) is 20.0. The number of carboxylic acids is 1. The number of carbonyl (C=O) groups is 1. The van der Waals surface area contributed by atoms with Crippen molar-refractivity contribution in [2.45, 2.75) is 13.8 Å². The van der Waals surface area contributed by atoms with Gasteiger partial charge in [0.2, 0.25) is 12.4 Å². The predicted octanol–water partition coefficient (Wildman–Crippen LogP) is 1.27. The monoisotopic (exact) mass is 236 g/mol. The van der Waals surface area contributed by atoms with E-state index in [0.717, 1.165) is 11.4 Å². The molecule has 0 atom stereocenters. The van der Waals surface area contributed by atoms with Crippen molar-refractivity contribution >= 4 is 5.97 Å². The van der Waals surface area contributed by atoms with E-state index in [-0.39, 0.29) is 0 Å². The van der Waals surface area contributed by atoms with E-state index in [9.17, 15) is 4.79 Å². The van der Waals surface area contributed by atoms with E-state index in [1.54, 1.807) is 19.1 Å². The van der Waals surface area contributed by atoms with Crippen LogP contribution in [0, 0.1) is 13.8 Å². The van der Waals surface area contributed by atoms with Crippen LogP contribution >= 0.6 is 0 Å². The van der Waals surface area contributed by atoms with Crippen LogP contribution in [0.15, 0.2) is 22.8 Å². The van der Waals surface area contributed by atoms with Gasteiger partial charge in [-0.15, -0.1) is 0 Å². The Labute approximate surface area is 97.4 Å². The summed E-state index contributed by atoms with van der Waals surface area (Å²) >= 11 is 0. The van der Waals surface area contributed by atoms with Crippen molar-refractivity contribution < 1.29 is 19.2 Å². The van der Waals surface area contributed by atoms with Gasteiger partial charge in [0.15, 0.2) is 5.76 Å². The zero-order valence-corrected chi connectivity index (χ0v) is 9.51. The molecule has 0 saturated carbocycles. The molecule has 0 amide bonds. The Morgan fingerprint density at radius 3 is 2.94 bits per heavy atom. The molecule has 0 spiro atoms. The molecular weight excluding hydrogens is 224 g/mol. The maximum atomic E-state index is 10.5. The molecule has 1 N–H and O–H groups in total. The van der Waals surface area contributed by atoms with E-state index < -0.39 is 12.6 Å². The molecule has 2 aromatic rings. The molecule has 0 aromatic carbocycles. The second kappa shape index (κ2) is 4.32. The summed E-state index contributed by atoms with van der Waals surface area (Å²) in [6, 6.07) is 3.47. The molecule has 6 nitrogen and oxygen atoms in total. The fourth-order valence-corrected chi connectivity index (χ4v) is 1.43. The molecule has 0 saturated heterocycles. The van der Waals surface area contributed by atoms with Crippen molar-refractivity contribution in [3.8, 4) is 11.6 Å². The van der Waals surface area contributed by atoms with Crippen LogP contribution in [0.3, 0.4) is 0 Å². The Bertz CT molecular complexity index is 528. The van der Waals surface area contributed by atoms with Crippen molar-refractivity contribution in [1.82, 2.24) is 9.71 Å². The van der Waals surface area contributed by atoms with Gasteiger partial charge in [-0.2, -0.15) is 4.73 Å². The van der Waals surface area contributed by atoms with E-state index >= 15 is 0 Å². The Morgan fingerprint density at radius 2 is 2.35 bits per heavy atom. The van der Waals surface area contributed by atoms with Crippen LogP contribution in [0.1, 0.15) is 11.4 Å². The van der Waals surface area contributed by atoms with Gasteiger partial charge in [-0.25, -0.2) is 9.78 Å². The Balaban J connectivity index is 2.38. The molecule has 0 bridgehead atoms. The number of furan rings is 1. The zero-order chi connectivity index (χ0) is 12.4. The Kier molecular flexibility index (Phi) is 2.86. The lowest BCUT2D eigenvalue weighted by molar-refractivity contribution is -0.142. The first-order valence-corrected chi connectivity index (χ1v) is 5.04. The second-order valence-electron chi connectivity index (χ2n) is 3.55. The zero-order valence-electron chi connectivity index (χ0n) is 9.51. The summed E-state index contributed by atoms with van der Waals surface area (Å²) in [5.41, 5.74) is 1.51. The van der Waals surface area contributed by atoms with Crippen molar-refractivity contribution in [2.24, 2.45) is 0 Å². The standard InChI is InChI=1S/C11H12N2O4/c1-7-8(2)13(17-6-10(14)15)11(12-7)9-4-3-5-16-9/h3-5H,6H2,1-2H3,(H,14,15). The lowest BCUT2D eigenvalue weighted by Gasteiger charge is -2.08. The van der Waals surface area contributed by atoms with Crippen molar-refractivity contribution in [3.05, 3.63) is 29.8 Å². The fraction of sp³-hybridized carbons (Fsp3) is 0.273. The molecule has 0 unspecified atom stereocenters. The Morgan fingerprint density at radius 1 is 1.59 bits per heavy atom. The van der Waals surface area contributed by atoms with E-state index in [1.807, 2.05) is 6.92 Å². The maximum Gasteiger partial charge on any atom is 0.344 e. The normalized spacial score (nSPS) is 10.5. The third-order valence-electron chi connectivity index (χ3n) is 2.35. The SMILES string of the molecule is Cc1nc(-c2ccco2)n(OCC(=O)O)c1C. The summed E-state index contributed by atoms with van der Waals surface area (Å²) in [5.74, 6) is -0.0426. The van der Waals surface area contributed by atoms with Crippen LogP contribution < -0.4 is 4.84 Å². The Hall–Kier alpha value is -2.24. The van der Waals surface area contributed by atoms with Crippen LogP contribution in [-0.4, -0.2) is 27.4 Å². The first-order valence-electron chi connectivity index (χ1n) is 5.04. The molecule has 0 aliphatic carbocycles. The second-order valence-corrected chi connectivity index (χ2v) is 3.55. The van der Waals surface area contributed by atoms with Gasteiger partial charge in [0.1, 0.15) is 0 Å². The summed E-state index contributed by atoms with van der Waals surface area (Å²) in [6.07, 6.45) is 1.52. The van der Waals surface area contributed by atoms with Gasteiger partial charge in [0.05, 0.1) is 17.7 Å². The van der Waals surface area contributed by atoms with Gasteiger partial charge < -0.3 is 14.4 Å². The van der Waals surface area contributed by atoms with Crippen molar-refractivity contribution in [3.63, 3.8) is 0 Å². The maximum absolute atomic E-state index is 10.5. The first-order chi connectivity index (χ1) is 8.09. The van der Waals surface area contributed by atoms with Crippen LogP contribution in [0.5, 0.6) is 0 Å². The highest BCUT2D eigenvalue weighted by atomic mass is 16.7. The minimum atomic E-state index is -1.04. The number of aliphatic carboxylic acids is 1. The number of aryl methyl sites for hydroxylation is 1. The van der Waals surface area contributed by atoms with Gasteiger partial charge in [0.25, 0.3) is 0 Å². The average Bonchev–Trinajstić information content (AvgIpc) is 2.87. The highest BCUT2D eigenvalue weighted by Gasteiger charge is 2.16. The lowest BCUT2D eigenvalue weighted by atomic mass is 10.4. The molecule has 2 rings (SSSR count). The molecule has 0 radical (unpaired) electrons. The molecule has 17 heavy (non-hydrogen) atoms. The van der Waals surface area contributed by atoms with Crippen molar-refractivity contribution in [2.75, 3.05) is 6.61 Å². The highest BCUT2D eigenvalue weighted by molar-refractivity contribution is 5.68. The number of nitrogens with zero attached hydrogens (tertiary/aromatic N) is 2. The fourth-order valence-electron chi connectivity index (χ4n) is 1.43. The van der Waals surface area contributed by atoms with E-state index in [2.05, 4.69) is 4.98 Å². The number of carboxylic acid groups (broad SMARTS) is 1. The van der Waals surface area contributed by atoms with E-state index in [0.29, 0.717) is 11.6 Å². The van der Waals surface area contributed by atoms with Crippen molar-refractivity contribution in [1.29, 1.82) is 0 Å². The minimum Gasteiger partial charge on any atom is -0.479 e. The van der Waals surface area contributed by atoms with Crippen LogP contribution in [0.25, 0.3) is 11.6 Å². The third-order valence-corrected chi connectivity index (χ3v) is 2.35. The van der Waals surface area contributed by atoms with Crippen LogP contribution in [0.2, 0.25) is 0 Å². The molecule has 2 aromatic heterocycles. The predicted molar refractivity (Wildman–Crippen MR) is 58.5 cm³/mol. The van der Waals surface area contributed by atoms with Gasteiger partial charge in [-0.05, 0) is 26.0 Å². The molecule has 0 aliphatic rings. The van der Waals surface area contributed by atoms with E-state index in [1.165, 1.54) is 11.0 Å². The van der Waals surface area contributed by atoms with Crippen LogP contribution in [-0.2, 0) is 4.79 Å². The van der Waals surface area contributed by atoms with Gasteiger partial charge in [-0.3, -0.25) is 0 Å². The van der Waals surface area contributed by atoms with E-state index in [4.69, 9.17) is 14.4 Å². The molecule has 90 valence electrons. The molecule has 0 fully saturated rings. The number of aromatic nitrogens is 2. The molecule has 2 heterocycles. The molecular formula is C11H12N2O4. The lowest BCUT2D eigenvalue weighted by Crippen LogP contribution is -2.21. The molecule has 0 aliphatic heterocycles. The molecule has 6 heteroatoms. The third kappa shape index (κ3) is 2.15. The summed E-state index contributed by atoms with van der Waals surface area (Å²) in [6.45, 7) is 3.20. The highest BCUT2D eigenvalue weighted by Crippen LogP contribution is 2.21. The topological polar surface area (TPSA) is 77.5 Å². The first kappa shape index (κ1) is 11.3. The largest absolute Gasteiger partial charge is 0.479 e. The average molecular weight is 236 g/mol. The number of hydrogen-bond donors (Lipinski definition) is 1. The smallest absolute Gasteiger partial charge is 0.344 e. The quantitative estimate of drug-likeness (QED) is 0.865. The summed E-state index contributed by atoms with van der Waals surface area (Å²) < 4.78 is 6.60. The number of rotatable bonds is 4. The van der Waals surface area contributed by atoms with Crippen LogP contribution in [0.4, 0.5) is 0 Å². The van der Waals surface area contributed by atoms with Gasteiger partial charge in [0, 0.05) is 0 Å².